The Kier molecular flexibility index (Phi) is 6.16. The minimum atomic E-state index is -0.103. The van der Waals surface area contributed by atoms with Crippen molar-refractivity contribution in [3.63, 3.8) is 0 Å². The first-order valence-corrected chi connectivity index (χ1v) is 10.6. The van der Waals surface area contributed by atoms with Gasteiger partial charge in [-0.25, -0.2) is 5.01 Å². The zero-order valence-electron chi connectivity index (χ0n) is 17.9. The number of methoxy groups -OCH3 is 1. The second-order valence-electron chi connectivity index (χ2n) is 8.24. The molecule has 0 aliphatic carbocycles. The number of carbonyl (C=O) groups is 1. The van der Waals surface area contributed by atoms with Crippen molar-refractivity contribution in [3.05, 3.63) is 65.7 Å². The van der Waals surface area contributed by atoms with E-state index in [1.165, 1.54) is 4.90 Å². The number of rotatable bonds is 5. The monoisotopic (exact) mass is 408 g/mol. The normalized spacial score (nSPS) is 26.4. The van der Waals surface area contributed by atoms with Gasteiger partial charge in [-0.1, -0.05) is 42.5 Å². The van der Waals surface area contributed by atoms with Gasteiger partial charge in [0.15, 0.2) is 6.54 Å². The van der Waals surface area contributed by atoms with Crippen LogP contribution in [-0.4, -0.2) is 55.6 Å². The fourth-order valence-electron chi connectivity index (χ4n) is 4.46. The molecule has 1 amide bonds. The van der Waals surface area contributed by atoms with Crippen molar-refractivity contribution >= 4 is 11.6 Å². The zero-order chi connectivity index (χ0) is 21.1. The van der Waals surface area contributed by atoms with Gasteiger partial charge in [-0.2, -0.15) is 5.10 Å². The van der Waals surface area contributed by atoms with Crippen LogP contribution in [0.25, 0.3) is 0 Å². The van der Waals surface area contributed by atoms with Crippen molar-refractivity contribution in [1.82, 2.24) is 5.01 Å². The lowest BCUT2D eigenvalue weighted by Crippen LogP contribution is -3.16. The minimum Gasteiger partial charge on any atom is -0.497 e. The van der Waals surface area contributed by atoms with Gasteiger partial charge >= 0.3 is 0 Å². The Morgan fingerprint density at radius 3 is 2.40 bits per heavy atom. The SMILES string of the molecule is COc1ccc([C@@H]2CC(c3ccccc3)=NN2C(=O)C[NH+]2C[C@@H](C)O[C@@H](C)C2)cc1. The fourth-order valence-corrected chi connectivity index (χ4v) is 4.46. The summed E-state index contributed by atoms with van der Waals surface area (Å²) in [5, 5.41) is 6.48. The maximum atomic E-state index is 13.3. The highest BCUT2D eigenvalue weighted by atomic mass is 16.5. The van der Waals surface area contributed by atoms with Crippen molar-refractivity contribution in [3.8, 4) is 5.75 Å². The summed E-state index contributed by atoms with van der Waals surface area (Å²) in [6, 6.07) is 17.9. The van der Waals surface area contributed by atoms with Crippen LogP contribution in [-0.2, 0) is 9.53 Å². The number of carbonyl (C=O) groups excluding carboxylic acids is 1. The molecular weight excluding hydrogens is 378 g/mol. The van der Waals surface area contributed by atoms with Crippen LogP contribution in [0.4, 0.5) is 0 Å². The maximum Gasteiger partial charge on any atom is 0.298 e. The summed E-state index contributed by atoms with van der Waals surface area (Å²) in [6.45, 7) is 6.25. The standard InChI is InChI=1S/C24H29N3O3/c1-17-14-26(15-18(2)30-17)16-24(28)27-23(20-9-11-21(29-3)12-10-20)13-22(25-27)19-7-5-4-6-8-19/h4-12,17-18,23H,13-16H2,1-3H3/p+1/t17-,18+,23-/m0/s1. The molecule has 6 heteroatoms. The summed E-state index contributed by atoms with van der Waals surface area (Å²) in [4.78, 5) is 14.6. The quantitative estimate of drug-likeness (QED) is 0.824. The first-order valence-electron chi connectivity index (χ1n) is 10.6. The molecule has 0 radical (unpaired) electrons. The number of quaternary nitrogens is 1. The summed E-state index contributed by atoms with van der Waals surface area (Å²) in [5.74, 6) is 0.859. The van der Waals surface area contributed by atoms with Crippen molar-refractivity contribution in [2.75, 3.05) is 26.7 Å². The summed E-state index contributed by atoms with van der Waals surface area (Å²) < 4.78 is 11.1. The predicted molar refractivity (Wildman–Crippen MR) is 116 cm³/mol. The van der Waals surface area contributed by atoms with Gasteiger partial charge in [0, 0.05) is 6.42 Å². The Labute approximate surface area is 178 Å². The summed E-state index contributed by atoms with van der Waals surface area (Å²) in [7, 11) is 1.66. The van der Waals surface area contributed by atoms with Crippen molar-refractivity contribution in [2.24, 2.45) is 5.10 Å². The number of hydrogen-bond acceptors (Lipinski definition) is 4. The van der Waals surface area contributed by atoms with E-state index in [2.05, 4.69) is 26.0 Å². The lowest BCUT2D eigenvalue weighted by Gasteiger charge is -2.33. The number of benzene rings is 2. The van der Waals surface area contributed by atoms with Gasteiger partial charge in [0.05, 0.1) is 18.9 Å². The van der Waals surface area contributed by atoms with E-state index in [9.17, 15) is 4.79 Å². The Balaban J connectivity index is 1.57. The van der Waals surface area contributed by atoms with Gasteiger partial charge in [0.1, 0.15) is 31.0 Å². The number of morpholine rings is 1. The molecule has 1 fully saturated rings. The van der Waals surface area contributed by atoms with E-state index in [0.29, 0.717) is 13.0 Å². The molecule has 2 aromatic rings. The molecule has 158 valence electrons. The van der Waals surface area contributed by atoms with Crippen LogP contribution in [0.1, 0.15) is 37.4 Å². The molecule has 1 saturated heterocycles. The summed E-state index contributed by atoms with van der Waals surface area (Å²) >= 11 is 0. The molecule has 0 aromatic heterocycles. The van der Waals surface area contributed by atoms with E-state index < -0.39 is 0 Å². The number of ether oxygens (including phenoxy) is 2. The van der Waals surface area contributed by atoms with Gasteiger partial charge in [0.2, 0.25) is 0 Å². The molecule has 4 atom stereocenters. The largest absolute Gasteiger partial charge is 0.497 e. The van der Waals surface area contributed by atoms with E-state index in [0.717, 1.165) is 35.7 Å². The van der Waals surface area contributed by atoms with Crippen molar-refractivity contribution in [2.45, 2.75) is 38.5 Å². The molecule has 2 aromatic carbocycles. The molecule has 4 rings (SSSR count). The van der Waals surface area contributed by atoms with Crippen LogP contribution in [0.2, 0.25) is 0 Å². The molecule has 0 spiro atoms. The number of hydrogen-bond donors (Lipinski definition) is 1. The van der Waals surface area contributed by atoms with Crippen LogP contribution in [0.15, 0.2) is 59.7 Å². The third-order valence-corrected chi connectivity index (χ3v) is 5.79. The molecule has 30 heavy (non-hydrogen) atoms. The van der Waals surface area contributed by atoms with Gasteiger partial charge in [0.25, 0.3) is 5.91 Å². The van der Waals surface area contributed by atoms with Gasteiger partial charge < -0.3 is 14.4 Å². The summed E-state index contributed by atoms with van der Waals surface area (Å²) in [6.07, 6.45) is 1.03. The highest BCUT2D eigenvalue weighted by Gasteiger charge is 2.36. The lowest BCUT2D eigenvalue weighted by atomic mass is 9.98. The van der Waals surface area contributed by atoms with Crippen LogP contribution in [0, 0.1) is 0 Å². The molecule has 0 bridgehead atoms. The van der Waals surface area contributed by atoms with E-state index in [1.807, 2.05) is 42.5 Å². The zero-order valence-corrected chi connectivity index (χ0v) is 17.9. The van der Waals surface area contributed by atoms with E-state index in [-0.39, 0.29) is 24.2 Å². The molecular formula is C24H30N3O3+. The maximum absolute atomic E-state index is 13.3. The summed E-state index contributed by atoms with van der Waals surface area (Å²) in [5.41, 5.74) is 3.08. The van der Waals surface area contributed by atoms with Crippen molar-refractivity contribution in [1.29, 1.82) is 0 Å². The van der Waals surface area contributed by atoms with Crippen LogP contribution in [0.3, 0.4) is 0 Å². The topological polar surface area (TPSA) is 55.6 Å². The van der Waals surface area contributed by atoms with Crippen LogP contribution < -0.4 is 9.64 Å². The van der Waals surface area contributed by atoms with Gasteiger partial charge in [-0.15, -0.1) is 0 Å². The average molecular weight is 409 g/mol. The smallest absolute Gasteiger partial charge is 0.298 e. The van der Waals surface area contributed by atoms with E-state index in [1.54, 1.807) is 12.1 Å². The Morgan fingerprint density at radius 1 is 1.10 bits per heavy atom. The Hall–Kier alpha value is -2.70. The van der Waals surface area contributed by atoms with Crippen LogP contribution in [0.5, 0.6) is 5.75 Å². The molecule has 2 aliphatic rings. The average Bonchev–Trinajstić information content (AvgIpc) is 3.19. The highest BCUT2D eigenvalue weighted by molar-refractivity contribution is 6.03. The van der Waals surface area contributed by atoms with Gasteiger partial charge in [-0.3, -0.25) is 4.79 Å². The lowest BCUT2D eigenvalue weighted by molar-refractivity contribution is -0.907. The molecule has 1 unspecified atom stereocenters. The van der Waals surface area contributed by atoms with E-state index in [4.69, 9.17) is 14.6 Å². The second kappa shape index (κ2) is 8.98. The second-order valence-corrected chi connectivity index (χ2v) is 8.24. The Morgan fingerprint density at radius 2 is 1.77 bits per heavy atom. The third-order valence-electron chi connectivity index (χ3n) is 5.79. The first kappa shape index (κ1) is 20.6. The molecule has 2 aliphatic heterocycles. The molecule has 6 nitrogen and oxygen atoms in total. The van der Waals surface area contributed by atoms with Crippen LogP contribution >= 0.6 is 0 Å². The number of nitrogens with one attached hydrogen (secondary N) is 1. The Bertz CT molecular complexity index is 888. The fraction of sp³-hybridized carbons (Fsp3) is 0.417. The minimum absolute atomic E-state index is 0.0537. The number of amides is 1. The molecule has 2 heterocycles. The molecule has 0 saturated carbocycles. The molecule has 1 N–H and O–H groups in total. The van der Waals surface area contributed by atoms with Gasteiger partial charge in [-0.05, 0) is 37.1 Å². The number of nitrogens with zero attached hydrogens (tertiary/aromatic N) is 2. The number of hydrazone groups is 1. The third kappa shape index (κ3) is 4.55. The first-order chi connectivity index (χ1) is 14.5. The van der Waals surface area contributed by atoms with Crippen molar-refractivity contribution < 1.29 is 19.2 Å². The highest BCUT2D eigenvalue weighted by Crippen LogP contribution is 2.33. The predicted octanol–water partition coefficient (Wildman–Crippen LogP) is 2.06. The van der Waals surface area contributed by atoms with E-state index >= 15 is 0 Å².